The van der Waals surface area contributed by atoms with Gasteiger partial charge in [0.05, 0.1) is 13.1 Å². The van der Waals surface area contributed by atoms with Crippen molar-refractivity contribution in [3.63, 3.8) is 0 Å². The Morgan fingerprint density at radius 2 is 1.83 bits per heavy atom. The van der Waals surface area contributed by atoms with Gasteiger partial charge in [-0.15, -0.1) is 11.3 Å². The van der Waals surface area contributed by atoms with Gasteiger partial charge >= 0.3 is 0 Å². The minimum absolute atomic E-state index is 0.0507. The van der Waals surface area contributed by atoms with Gasteiger partial charge in [-0.25, -0.2) is 0 Å². The first-order chi connectivity index (χ1) is 11.8. The smallest absolute Gasteiger partial charge is 0.244 e. The maximum Gasteiger partial charge on any atom is 0.244 e. The summed E-state index contributed by atoms with van der Waals surface area (Å²) in [5.41, 5.74) is 2.53. The van der Waals surface area contributed by atoms with Gasteiger partial charge in [-0.3, -0.25) is 4.79 Å². The van der Waals surface area contributed by atoms with Crippen molar-refractivity contribution < 1.29 is 9.69 Å². The molecular formula is C20H25N2OS+. The number of quaternary nitrogens is 1. The van der Waals surface area contributed by atoms with E-state index in [0.717, 1.165) is 17.0 Å². The van der Waals surface area contributed by atoms with Crippen LogP contribution in [0.15, 0.2) is 47.9 Å². The number of thiophene rings is 1. The zero-order valence-corrected chi connectivity index (χ0v) is 14.8. The van der Waals surface area contributed by atoms with Gasteiger partial charge in [0, 0.05) is 23.1 Å². The topological polar surface area (TPSA) is 33.5 Å². The van der Waals surface area contributed by atoms with E-state index < -0.39 is 0 Å². The maximum absolute atomic E-state index is 11.8. The van der Waals surface area contributed by atoms with E-state index in [1.165, 1.54) is 37.9 Å². The molecule has 1 aliphatic rings. The lowest BCUT2D eigenvalue weighted by atomic mass is 10.1. The molecule has 1 aromatic carbocycles. The highest BCUT2D eigenvalue weighted by molar-refractivity contribution is 7.10. The van der Waals surface area contributed by atoms with Crippen LogP contribution in [0.5, 0.6) is 0 Å². The lowest BCUT2D eigenvalue weighted by Crippen LogP contribution is -3.11. The number of hydrogen-bond donors (Lipinski definition) is 2. The van der Waals surface area contributed by atoms with Crippen molar-refractivity contribution in [1.29, 1.82) is 0 Å². The summed E-state index contributed by atoms with van der Waals surface area (Å²) in [4.78, 5) is 14.6. The number of carbonyl (C=O) groups is 1. The first-order valence-corrected chi connectivity index (χ1v) is 9.58. The third kappa shape index (κ3) is 5.32. The zero-order chi connectivity index (χ0) is 16.6. The van der Waals surface area contributed by atoms with Gasteiger partial charge in [0.2, 0.25) is 5.91 Å². The minimum atomic E-state index is -0.0507. The third-order valence-electron chi connectivity index (χ3n) is 4.45. The van der Waals surface area contributed by atoms with Crippen molar-refractivity contribution in [3.8, 4) is 0 Å². The Hall–Kier alpha value is -1.91. The summed E-state index contributed by atoms with van der Waals surface area (Å²) in [6.45, 7) is 4.30. The fourth-order valence-electron chi connectivity index (χ4n) is 3.08. The molecule has 0 saturated carbocycles. The summed E-state index contributed by atoms with van der Waals surface area (Å²) < 4.78 is 0. The predicted molar refractivity (Wildman–Crippen MR) is 99.9 cm³/mol. The molecule has 126 valence electrons. The fourth-order valence-corrected chi connectivity index (χ4v) is 3.70. The van der Waals surface area contributed by atoms with E-state index in [-0.39, 0.29) is 5.91 Å². The number of hydrogen-bond acceptors (Lipinski definition) is 2. The molecule has 0 atom stereocenters. The molecule has 3 nitrogen and oxygen atoms in total. The van der Waals surface area contributed by atoms with Gasteiger partial charge in [-0.2, -0.15) is 0 Å². The summed E-state index contributed by atoms with van der Waals surface area (Å²) in [6.07, 6.45) is 7.56. The van der Waals surface area contributed by atoms with E-state index in [9.17, 15) is 4.79 Å². The van der Waals surface area contributed by atoms with E-state index >= 15 is 0 Å². The molecule has 4 heteroatoms. The second-order valence-electron chi connectivity index (χ2n) is 6.37. The highest BCUT2D eigenvalue weighted by atomic mass is 32.1. The first-order valence-electron chi connectivity index (χ1n) is 8.70. The number of nitrogens with one attached hydrogen (secondary N) is 2. The van der Waals surface area contributed by atoms with Crippen LogP contribution in [0, 0.1) is 0 Å². The van der Waals surface area contributed by atoms with Crippen LogP contribution in [0.1, 0.15) is 35.3 Å². The van der Waals surface area contributed by atoms with Crippen LogP contribution in [0.2, 0.25) is 0 Å². The molecule has 1 amide bonds. The molecule has 1 fully saturated rings. The Labute approximate surface area is 148 Å². The van der Waals surface area contributed by atoms with Crippen LogP contribution in [-0.2, 0) is 17.9 Å². The molecule has 0 aliphatic carbocycles. The number of rotatable bonds is 6. The molecule has 1 saturated heterocycles. The van der Waals surface area contributed by atoms with Crippen molar-refractivity contribution >= 4 is 23.3 Å². The average Bonchev–Trinajstić information content (AvgIpc) is 3.14. The molecular weight excluding hydrogens is 316 g/mol. The lowest BCUT2D eigenvalue weighted by molar-refractivity contribution is -0.918. The van der Waals surface area contributed by atoms with Crippen molar-refractivity contribution in [3.05, 3.63) is 63.9 Å². The molecule has 0 spiro atoms. The van der Waals surface area contributed by atoms with Gasteiger partial charge in [0.1, 0.15) is 6.54 Å². The van der Waals surface area contributed by atoms with Crippen LogP contribution in [-0.4, -0.2) is 19.0 Å². The number of piperidine rings is 1. The number of carbonyl (C=O) groups excluding carboxylic acids is 1. The number of benzene rings is 1. The van der Waals surface area contributed by atoms with Crippen LogP contribution >= 0.6 is 11.3 Å². The highest BCUT2D eigenvalue weighted by Crippen LogP contribution is 2.10. The molecule has 1 aromatic heterocycles. The summed E-state index contributed by atoms with van der Waals surface area (Å²) in [6, 6.07) is 12.6. The van der Waals surface area contributed by atoms with Crippen LogP contribution in [0.25, 0.3) is 6.08 Å². The second kappa shape index (κ2) is 8.81. The normalized spacial score (nSPS) is 15.7. The molecule has 2 aromatic rings. The summed E-state index contributed by atoms with van der Waals surface area (Å²) in [5.74, 6) is -0.0507. The van der Waals surface area contributed by atoms with Gasteiger partial charge in [0.25, 0.3) is 0 Å². The minimum Gasteiger partial charge on any atom is -0.348 e. The molecule has 2 heterocycles. The van der Waals surface area contributed by atoms with E-state index in [4.69, 9.17) is 0 Å². The van der Waals surface area contributed by atoms with E-state index in [0.29, 0.717) is 6.54 Å². The molecule has 0 unspecified atom stereocenters. The van der Waals surface area contributed by atoms with Crippen molar-refractivity contribution in [2.24, 2.45) is 0 Å². The summed E-state index contributed by atoms with van der Waals surface area (Å²) in [5, 5.41) is 4.94. The van der Waals surface area contributed by atoms with E-state index in [2.05, 4.69) is 29.6 Å². The first kappa shape index (κ1) is 16.9. The lowest BCUT2D eigenvalue weighted by Gasteiger charge is -2.23. The predicted octanol–water partition coefficient (Wildman–Crippen LogP) is 2.65. The van der Waals surface area contributed by atoms with Gasteiger partial charge in [-0.1, -0.05) is 30.3 Å². The Bertz CT molecular complexity index is 655. The van der Waals surface area contributed by atoms with E-state index in [1.807, 2.05) is 23.6 Å². The monoisotopic (exact) mass is 341 g/mol. The van der Waals surface area contributed by atoms with Crippen LogP contribution in [0.4, 0.5) is 0 Å². The Kier molecular flexibility index (Phi) is 6.21. The van der Waals surface area contributed by atoms with Crippen LogP contribution in [0.3, 0.4) is 0 Å². The number of amides is 1. The Balaban J connectivity index is 1.44. The zero-order valence-electron chi connectivity index (χ0n) is 14.0. The van der Waals surface area contributed by atoms with Crippen molar-refractivity contribution in [2.45, 2.75) is 32.4 Å². The van der Waals surface area contributed by atoms with Crippen molar-refractivity contribution in [2.75, 3.05) is 13.1 Å². The maximum atomic E-state index is 11.8. The SMILES string of the molecule is O=C(/C=C/c1cccs1)NCc1ccc(C[NH+]2CCCCC2)cc1. The number of likely N-dealkylation sites (tertiary alicyclic amines) is 1. The Morgan fingerprint density at radius 1 is 1.08 bits per heavy atom. The highest BCUT2D eigenvalue weighted by Gasteiger charge is 2.13. The molecule has 0 bridgehead atoms. The average molecular weight is 342 g/mol. The second-order valence-corrected chi connectivity index (χ2v) is 7.35. The Morgan fingerprint density at radius 3 is 2.54 bits per heavy atom. The van der Waals surface area contributed by atoms with E-state index in [1.54, 1.807) is 22.3 Å². The molecule has 0 radical (unpaired) electrons. The summed E-state index contributed by atoms with van der Waals surface area (Å²) >= 11 is 1.63. The largest absolute Gasteiger partial charge is 0.348 e. The quantitative estimate of drug-likeness (QED) is 0.778. The van der Waals surface area contributed by atoms with Gasteiger partial charge < -0.3 is 10.2 Å². The van der Waals surface area contributed by atoms with Crippen LogP contribution < -0.4 is 10.2 Å². The standard InChI is InChI=1S/C20H24N2OS/c23-20(11-10-19-5-4-14-24-19)21-15-17-6-8-18(9-7-17)16-22-12-2-1-3-13-22/h4-11,14H,1-3,12-13,15-16H2,(H,21,23)/p+1/b11-10+. The summed E-state index contributed by atoms with van der Waals surface area (Å²) in [7, 11) is 0. The molecule has 3 rings (SSSR count). The molecule has 2 N–H and O–H groups in total. The van der Waals surface area contributed by atoms with Gasteiger partial charge in [-0.05, 0) is 42.3 Å². The van der Waals surface area contributed by atoms with Gasteiger partial charge in [0.15, 0.2) is 0 Å². The third-order valence-corrected chi connectivity index (χ3v) is 5.28. The van der Waals surface area contributed by atoms with Crippen molar-refractivity contribution in [1.82, 2.24) is 5.32 Å². The molecule has 24 heavy (non-hydrogen) atoms. The fraction of sp³-hybridized carbons (Fsp3) is 0.350. The molecule has 1 aliphatic heterocycles.